The van der Waals surface area contributed by atoms with Crippen molar-refractivity contribution in [2.75, 3.05) is 23.4 Å². The smallest absolute Gasteiger partial charge is 0.267 e. The van der Waals surface area contributed by atoms with Crippen LogP contribution < -0.4 is 14.5 Å². The minimum absolute atomic E-state index is 0.106. The number of hydrogen-bond acceptors (Lipinski definition) is 3. The highest BCUT2D eigenvalue weighted by molar-refractivity contribution is 6.08. The topological polar surface area (TPSA) is 49.9 Å². The second-order valence-corrected chi connectivity index (χ2v) is 5.72. The maximum Gasteiger partial charge on any atom is 0.267 e. The molecule has 3 rings (SSSR count). The molecule has 5 nitrogen and oxygen atoms in total. The Labute approximate surface area is 141 Å². The van der Waals surface area contributed by atoms with Gasteiger partial charge in [0.1, 0.15) is 5.75 Å². The number of para-hydroxylation sites is 1. The normalized spacial score (nSPS) is 16.4. The first-order valence-electron chi connectivity index (χ1n) is 7.98. The van der Waals surface area contributed by atoms with Crippen LogP contribution in [0.1, 0.15) is 24.2 Å². The van der Waals surface area contributed by atoms with E-state index in [4.69, 9.17) is 4.74 Å². The van der Waals surface area contributed by atoms with E-state index in [1.165, 1.54) is 0 Å². The number of likely N-dealkylation sites (N-methyl/N-ethyl adjacent to an activating group) is 1. The Morgan fingerprint density at radius 1 is 1.21 bits per heavy atom. The van der Waals surface area contributed by atoms with Crippen LogP contribution in [-0.2, 0) is 4.79 Å². The molecule has 24 heavy (non-hydrogen) atoms. The lowest BCUT2D eigenvalue weighted by Crippen LogP contribution is -2.42. The van der Waals surface area contributed by atoms with E-state index >= 15 is 0 Å². The van der Waals surface area contributed by atoms with Crippen molar-refractivity contribution >= 4 is 23.2 Å². The number of carbonyl (C=O) groups excluding carboxylic acids is 2. The zero-order chi connectivity index (χ0) is 17.3. The van der Waals surface area contributed by atoms with Crippen molar-refractivity contribution < 1.29 is 14.3 Å². The van der Waals surface area contributed by atoms with Crippen molar-refractivity contribution in [2.24, 2.45) is 0 Å². The predicted molar refractivity (Wildman–Crippen MR) is 93.7 cm³/mol. The molecule has 0 saturated carbocycles. The summed E-state index contributed by atoms with van der Waals surface area (Å²) < 4.78 is 5.60. The number of carbonyl (C=O) groups is 2. The summed E-state index contributed by atoms with van der Waals surface area (Å²) in [6.45, 7) is 4.21. The molecule has 2 aromatic carbocycles. The van der Waals surface area contributed by atoms with Gasteiger partial charge in [-0.05, 0) is 44.2 Å². The van der Waals surface area contributed by atoms with Crippen molar-refractivity contribution in [3.8, 4) is 5.75 Å². The van der Waals surface area contributed by atoms with E-state index in [1.807, 2.05) is 37.3 Å². The van der Waals surface area contributed by atoms with Gasteiger partial charge in [0.2, 0.25) is 0 Å². The van der Waals surface area contributed by atoms with Crippen LogP contribution in [0.15, 0.2) is 48.5 Å². The molecule has 1 aliphatic rings. The van der Waals surface area contributed by atoms with E-state index in [0.29, 0.717) is 23.5 Å². The second-order valence-electron chi connectivity index (χ2n) is 5.72. The molecule has 2 amide bonds. The van der Waals surface area contributed by atoms with E-state index < -0.39 is 6.10 Å². The molecule has 1 heterocycles. The Bertz CT molecular complexity index is 773. The first-order chi connectivity index (χ1) is 11.5. The van der Waals surface area contributed by atoms with Gasteiger partial charge in [0.15, 0.2) is 6.10 Å². The van der Waals surface area contributed by atoms with Gasteiger partial charge in [-0.15, -0.1) is 0 Å². The monoisotopic (exact) mass is 324 g/mol. The Balaban J connectivity index is 1.95. The van der Waals surface area contributed by atoms with E-state index in [0.717, 1.165) is 5.69 Å². The van der Waals surface area contributed by atoms with Gasteiger partial charge in [0.05, 0.1) is 5.69 Å². The van der Waals surface area contributed by atoms with Gasteiger partial charge in [-0.2, -0.15) is 0 Å². The summed E-state index contributed by atoms with van der Waals surface area (Å²) in [6.07, 6.45) is -0.513. The van der Waals surface area contributed by atoms with E-state index in [-0.39, 0.29) is 11.8 Å². The SMILES string of the molecule is CCN(C(=O)c1ccc2c(c1)N(C)C(=O)C(C)O2)c1ccccc1. The van der Waals surface area contributed by atoms with Crippen molar-refractivity contribution in [3.05, 3.63) is 54.1 Å². The van der Waals surface area contributed by atoms with Gasteiger partial charge in [0.25, 0.3) is 11.8 Å². The lowest BCUT2D eigenvalue weighted by Gasteiger charge is -2.31. The van der Waals surface area contributed by atoms with Crippen molar-refractivity contribution in [2.45, 2.75) is 20.0 Å². The summed E-state index contributed by atoms with van der Waals surface area (Å²) in [4.78, 5) is 28.2. The Morgan fingerprint density at radius 3 is 2.58 bits per heavy atom. The van der Waals surface area contributed by atoms with Gasteiger partial charge < -0.3 is 14.5 Å². The number of fused-ring (bicyclic) bond motifs is 1. The Morgan fingerprint density at radius 2 is 1.92 bits per heavy atom. The van der Waals surface area contributed by atoms with Crippen LogP contribution in [0, 0.1) is 0 Å². The molecule has 0 bridgehead atoms. The number of amides is 2. The second kappa shape index (κ2) is 6.35. The molecule has 5 heteroatoms. The molecule has 0 fully saturated rings. The third-order valence-electron chi connectivity index (χ3n) is 4.18. The van der Waals surface area contributed by atoms with E-state index in [2.05, 4.69) is 0 Å². The number of benzene rings is 2. The van der Waals surface area contributed by atoms with Gasteiger partial charge in [-0.3, -0.25) is 9.59 Å². The summed E-state index contributed by atoms with van der Waals surface area (Å²) in [5, 5.41) is 0. The van der Waals surface area contributed by atoms with Crippen LogP contribution in [0.4, 0.5) is 11.4 Å². The summed E-state index contributed by atoms with van der Waals surface area (Å²) >= 11 is 0. The van der Waals surface area contributed by atoms with Crippen LogP contribution in [0.5, 0.6) is 5.75 Å². The van der Waals surface area contributed by atoms with E-state index in [9.17, 15) is 9.59 Å². The number of ether oxygens (including phenoxy) is 1. The van der Waals surface area contributed by atoms with Gasteiger partial charge >= 0.3 is 0 Å². The molecule has 1 atom stereocenters. The molecule has 0 radical (unpaired) electrons. The van der Waals surface area contributed by atoms with Crippen molar-refractivity contribution in [3.63, 3.8) is 0 Å². The molecule has 0 aromatic heterocycles. The molecule has 1 unspecified atom stereocenters. The average Bonchev–Trinajstić information content (AvgIpc) is 2.61. The van der Waals surface area contributed by atoms with Crippen LogP contribution >= 0.6 is 0 Å². The van der Waals surface area contributed by atoms with Gasteiger partial charge in [-0.1, -0.05) is 18.2 Å². The highest BCUT2D eigenvalue weighted by Gasteiger charge is 2.30. The fourth-order valence-electron chi connectivity index (χ4n) is 2.85. The number of hydrogen-bond donors (Lipinski definition) is 0. The van der Waals surface area contributed by atoms with Crippen molar-refractivity contribution in [1.29, 1.82) is 0 Å². The molecule has 0 spiro atoms. The van der Waals surface area contributed by atoms with Crippen LogP contribution in [0.3, 0.4) is 0 Å². The highest BCUT2D eigenvalue weighted by Crippen LogP contribution is 2.34. The fourth-order valence-corrected chi connectivity index (χ4v) is 2.85. The number of rotatable bonds is 3. The average molecular weight is 324 g/mol. The molecular formula is C19H20N2O3. The Hall–Kier alpha value is -2.82. The van der Waals surface area contributed by atoms with Gasteiger partial charge in [-0.25, -0.2) is 0 Å². The standard InChI is InChI=1S/C19H20N2O3/c1-4-21(15-8-6-5-7-9-15)19(23)14-10-11-17-16(12-14)20(3)18(22)13(2)24-17/h5-13H,4H2,1-3H3. The van der Waals surface area contributed by atoms with Crippen LogP contribution in [0.25, 0.3) is 0 Å². The lowest BCUT2D eigenvalue weighted by atomic mass is 10.1. The molecule has 0 saturated heterocycles. The van der Waals surface area contributed by atoms with Crippen LogP contribution in [0.2, 0.25) is 0 Å². The maximum atomic E-state index is 12.9. The summed E-state index contributed by atoms with van der Waals surface area (Å²) in [6, 6.07) is 14.7. The highest BCUT2D eigenvalue weighted by atomic mass is 16.5. The molecule has 0 aliphatic carbocycles. The minimum Gasteiger partial charge on any atom is -0.479 e. The molecule has 124 valence electrons. The minimum atomic E-state index is -0.513. The summed E-state index contributed by atoms with van der Waals surface area (Å²) in [5.41, 5.74) is 1.99. The Kier molecular flexibility index (Phi) is 4.25. The summed E-state index contributed by atoms with van der Waals surface area (Å²) in [7, 11) is 1.70. The largest absolute Gasteiger partial charge is 0.479 e. The zero-order valence-electron chi connectivity index (χ0n) is 14.0. The molecule has 2 aromatic rings. The molecule has 0 N–H and O–H groups in total. The summed E-state index contributed by atoms with van der Waals surface area (Å²) in [5.74, 6) is 0.386. The molecule has 1 aliphatic heterocycles. The third kappa shape index (κ3) is 2.73. The lowest BCUT2D eigenvalue weighted by molar-refractivity contribution is -0.125. The number of nitrogens with zero attached hydrogens (tertiary/aromatic N) is 2. The zero-order valence-corrected chi connectivity index (χ0v) is 14.0. The quantitative estimate of drug-likeness (QED) is 0.872. The van der Waals surface area contributed by atoms with Gasteiger partial charge in [0, 0.05) is 24.8 Å². The number of anilines is 2. The third-order valence-corrected chi connectivity index (χ3v) is 4.18. The fraction of sp³-hybridized carbons (Fsp3) is 0.263. The molecular weight excluding hydrogens is 304 g/mol. The van der Waals surface area contributed by atoms with Crippen molar-refractivity contribution in [1.82, 2.24) is 0 Å². The first kappa shape index (κ1) is 16.1. The maximum absolute atomic E-state index is 12.9. The van der Waals surface area contributed by atoms with Crippen LogP contribution in [-0.4, -0.2) is 31.5 Å². The van der Waals surface area contributed by atoms with E-state index in [1.54, 1.807) is 42.0 Å². The predicted octanol–water partition coefficient (Wildman–Crippen LogP) is 3.10. The first-order valence-corrected chi connectivity index (χ1v) is 7.98.